The fourth-order valence-corrected chi connectivity index (χ4v) is 2.83. The first kappa shape index (κ1) is 15.0. The molecule has 4 heteroatoms. The lowest BCUT2D eigenvalue weighted by Crippen LogP contribution is -2.64. The van der Waals surface area contributed by atoms with E-state index < -0.39 is 12.0 Å². The van der Waals surface area contributed by atoms with Crippen molar-refractivity contribution in [3.8, 4) is 5.75 Å². The molecule has 0 bridgehead atoms. The number of amides is 1. The minimum atomic E-state index is -0.546. The van der Waals surface area contributed by atoms with Gasteiger partial charge in [0.05, 0.1) is 13.0 Å². The van der Waals surface area contributed by atoms with Crippen LogP contribution in [0.25, 0.3) is 0 Å². The molecule has 0 N–H and O–H groups in total. The molecule has 1 amide bonds. The molecule has 1 fully saturated rings. The molecular weight excluding hydrogens is 290 g/mol. The van der Waals surface area contributed by atoms with Crippen LogP contribution in [0.15, 0.2) is 67.3 Å². The van der Waals surface area contributed by atoms with E-state index in [1.807, 2.05) is 18.2 Å². The van der Waals surface area contributed by atoms with Gasteiger partial charge in [-0.25, -0.2) is 0 Å². The Bertz CT molecular complexity index is 737. The molecule has 2 aromatic rings. The monoisotopic (exact) mass is 307 g/mol. The highest BCUT2D eigenvalue weighted by Crippen LogP contribution is 2.36. The summed E-state index contributed by atoms with van der Waals surface area (Å²) in [4.78, 5) is 26.7. The first-order valence-electron chi connectivity index (χ1n) is 7.36. The molecule has 1 saturated heterocycles. The molecule has 2 atom stereocenters. The molecule has 1 aliphatic heterocycles. The Labute approximate surface area is 135 Å². The van der Waals surface area contributed by atoms with Crippen molar-refractivity contribution in [2.24, 2.45) is 5.92 Å². The topological polar surface area (TPSA) is 46.6 Å². The third kappa shape index (κ3) is 2.52. The molecule has 0 unspecified atom stereocenters. The molecule has 4 nitrogen and oxygen atoms in total. The smallest absolute Gasteiger partial charge is 0.237 e. The molecule has 0 aromatic heterocycles. The number of benzene rings is 2. The number of β-lactam (4-membered cyclic amide) rings is 1. The van der Waals surface area contributed by atoms with Crippen molar-refractivity contribution in [3.63, 3.8) is 0 Å². The number of carbonyl (C=O) groups excluding carboxylic acids is 2. The maximum Gasteiger partial charge on any atom is 0.237 e. The van der Waals surface area contributed by atoms with Crippen LogP contribution in [-0.4, -0.2) is 24.8 Å². The van der Waals surface area contributed by atoms with Crippen molar-refractivity contribution in [3.05, 3.63) is 72.8 Å². The van der Waals surface area contributed by atoms with Crippen LogP contribution in [0.1, 0.15) is 10.4 Å². The van der Waals surface area contributed by atoms with Crippen molar-refractivity contribution in [1.82, 2.24) is 0 Å². The number of carbonyl (C=O) groups is 2. The van der Waals surface area contributed by atoms with Gasteiger partial charge in [0.1, 0.15) is 11.8 Å². The summed E-state index contributed by atoms with van der Waals surface area (Å²) in [6, 6.07) is 15.6. The number of methoxy groups -OCH3 is 1. The summed E-state index contributed by atoms with van der Waals surface area (Å²) in [7, 11) is 1.58. The fourth-order valence-electron chi connectivity index (χ4n) is 2.83. The minimum Gasteiger partial charge on any atom is -0.497 e. The van der Waals surface area contributed by atoms with E-state index in [-0.39, 0.29) is 11.7 Å². The van der Waals surface area contributed by atoms with Crippen molar-refractivity contribution in [1.29, 1.82) is 0 Å². The summed E-state index contributed by atoms with van der Waals surface area (Å²) in [5.74, 6) is 0.0307. The second-order valence-electron chi connectivity index (χ2n) is 5.34. The highest BCUT2D eigenvalue weighted by atomic mass is 16.5. The number of ether oxygens (including phenoxy) is 1. The van der Waals surface area contributed by atoms with E-state index in [0.717, 1.165) is 0 Å². The highest BCUT2D eigenvalue weighted by Gasteiger charge is 2.50. The average molecular weight is 307 g/mol. The predicted molar refractivity (Wildman–Crippen MR) is 88.7 cm³/mol. The maximum absolute atomic E-state index is 12.8. The van der Waals surface area contributed by atoms with E-state index in [4.69, 9.17) is 4.74 Å². The van der Waals surface area contributed by atoms with Crippen LogP contribution >= 0.6 is 0 Å². The van der Waals surface area contributed by atoms with Gasteiger partial charge in [0, 0.05) is 11.3 Å². The van der Waals surface area contributed by atoms with Crippen LogP contribution in [0, 0.1) is 5.92 Å². The van der Waals surface area contributed by atoms with Gasteiger partial charge < -0.3 is 4.74 Å². The van der Waals surface area contributed by atoms with Crippen LogP contribution in [0.2, 0.25) is 0 Å². The third-order valence-electron chi connectivity index (χ3n) is 4.07. The van der Waals surface area contributed by atoms with Gasteiger partial charge in [0.25, 0.3) is 0 Å². The lowest BCUT2D eigenvalue weighted by atomic mass is 9.81. The molecule has 3 rings (SSSR count). The number of nitrogens with zero attached hydrogens (tertiary/aromatic N) is 1. The van der Waals surface area contributed by atoms with Gasteiger partial charge in [-0.2, -0.15) is 0 Å². The van der Waals surface area contributed by atoms with Gasteiger partial charge in [-0.05, 0) is 24.3 Å². The summed E-state index contributed by atoms with van der Waals surface area (Å²) < 4.78 is 5.13. The molecule has 0 aliphatic carbocycles. The quantitative estimate of drug-likeness (QED) is 0.484. The van der Waals surface area contributed by atoms with Crippen molar-refractivity contribution in [2.45, 2.75) is 6.04 Å². The van der Waals surface area contributed by atoms with Gasteiger partial charge >= 0.3 is 0 Å². The molecule has 116 valence electrons. The van der Waals surface area contributed by atoms with Gasteiger partial charge in [0.15, 0.2) is 5.78 Å². The number of ketones is 1. The number of hydrogen-bond acceptors (Lipinski definition) is 3. The Morgan fingerprint density at radius 2 is 1.78 bits per heavy atom. The number of rotatable bonds is 5. The molecule has 0 spiro atoms. The van der Waals surface area contributed by atoms with Crippen molar-refractivity contribution >= 4 is 17.4 Å². The second-order valence-corrected chi connectivity index (χ2v) is 5.34. The number of Topliss-reactive ketones (excluding diaryl/α,β-unsaturated/α-hetero) is 1. The first-order chi connectivity index (χ1) is 11.2. The molecule has 0 radical (unpaired) electrons. The predicted octanol–water partition coefficient (Wildman–Crippen LogP) is 3.10. The van der Waals surface area contributed by atoms with Crippen LogP contribution < -0.4 is 9.64 Å². The largest absolute Gasteiger partial charge is 0.497 e. The van der Waals surface area contributed by atoms with E-state index in [2.05, 4.69) is 6.58 Å². The molecular formula is C19H17NO3. The standard InChI is InChI=1S/C19H17NO3/c1-3-16-17(18(21)13-7-5-4-6-8-13)20(19(16)22)14-9-11-15(23-2)12-10-14/h3-12,16-17H,1H2,2H3/t16-,17+/m0/s1. The zero-order valence-electron chi connectivity index (χ0n) is 12.8. The fraction of sp³-hybridized carbons (Fsp3) is 0.158. The minimum absolute atomic E-state index is 0.0779. The van der Waals surface area contributed by atoms with E-state index >= 15 is 0 Å². The Hall–Kier alpha value is -2.88. The lowest BCUT2D eigenvalue weighted by Gasteiger charge is -2.45. The molecule has 1 aliphatic rings. The second kappa shape index (κ2) is 6.08. The summed E-state index contributed by atoms with van der Waals surface area (Å²) in [6.45, 7) is 3.70. The zero-order chi connectivity index (χ0) is 16.4. The summed E-state index contributed by atoms with van der Waals surface area (Å²) >= 11 is 0. The van der Waals surface area contributed by atoms with E-state index in [1.165, 1.54) is 4.90 Å². The molecule has 1 heterocycles. The highest BCUT2D eigenvalue weighted by molar-refractivity contribution is 6.17. The number of anilines is 1. The Kier molecular flexibility index (Phi) is 3.98. The van der Waals surface area contributed by atoms with E-state index in [1.54, 1.807) is 49.6 Å². The van der Waals surface area contributed by atoms with Gasteiger partial charge in [0.2, 0.25) is 5.91 Å². The first-order valence-corrected chi connectivity index (χ1v) is 7.36. The van der Waals surface area contributed by atoms with Crippen LogP contribution in [0.4, 0.5) is 5.69 Å². The van der Waals surface area contributed by atoms with E-state index in [0.29, 0.717) is 17.0 Å². The van der Waals surface area contributed by atoms with E-state index in [9.17, 15) is 9.59 Å². The van der Waals surface area contributed by atoms with Crippen LogP contribution in [-0.2, 0) is 4.79 Å². The summed E-state index contributed by atoms with van der Waals surface area (Å²) in [5.41, 5.74) is 1.28. The van der Waals surface area contributed by atoms with Crippen molar-refractivity contribution in [2.75, 3.05) is 12.0 Å². The molecule has 23 heavy (non-hydrogen) atoms. The van der Waals surface area contributed by atoms with Crippen LogP contribution in [0.3, 0.4) is 0 Å². The normalized spacial score (nSPS) is 19.9. The summed E-state index contributed by atoms with van der Waals surface area (Å²) in [5, 5.41) is 0. The maximum atomic E-state index is 12.8. The number of hydrogen-bond donors (Lipinski definition) is 0. The Morgan fingerprint density at radius 3 is 2.35 bits per heavy atom. The third-order valence-corrected chi connectivity index (χ3v) is 4.07. The Morgan fingerprint density at radius 1 is 1.13 bits per heavy atom. The van der Waals surface area contributed by atoms with Crippen LogP contribution in [0.5, 0.6) is 5.75 Å². The van der Waals surface area contributed by atoms with Gasteiger partial charge in [-0.15, -0.1) is 6.58 Å². The van der Waals surface area contributed by atoms with Gasteiger partial charge in [-0.1, -0.05) is 36.4 Å². The zero-order valence-corrected chi connectivity index (χ0v) is 12.8. The van der Waals surface area contributed by atoms with Gasteiger partial charge in [-0.3, -0.25) is 14.5 Å². The SMILES string of the molecule is C=C[C@@H]1C(=O)N(c2ccc(OC)cc2)[C@H]1C(=O)c1ccccc1. The summed E-state index contributed by atoms with van der Waals surface area (Å²) in [6.07, 6.45) is 1.55. The Balaban J connectivity index is 1.93. The molecule has 2 aromatic carbocycles. The lowest BCUT2D eigenvalue weighted by molar-refractivity contribution is -0.127. The average Bonchev–Trinajstić information content (AvgIpc) is 2.61. The molecule has 0 saturated carbocycles. The van der Waals surface area contributed by atoms with Crippen molar-refractivity contribution < 1.29 is 14.3 Å².